The molecule has 2 aromatic rings. The quantitative estimate of drug-likeness (QED) is 0.881. The first kappa shape index (κ1) is 16.6. The van der Waals surface area contributed by atoms with Gasteiger partial charge in [-0.05, 0) is 30.9 Å². The lowest BCUT2D eigenvalue weighted by Gasteiger charge is -2.31. The Morgan fingerprint density at radius 3 is 3.04 bits per heavy atom. The summed E-state index contributed by atoms with van der Waals surface area (Å²) in [4.78, 5) is 20.6. The van der Waals surface area contributed by atoms with Gasteiger partial charge in [0.2, 0.25) is 17.6 Å². The van der Waals surface area contributed by atoms with Gasteiger partial charge in [-0.3, -0.25) is 9.78 Å². The smallest absolute Gasteiger partial charge is 0.227 e. The molecule has 6 nitrogen and oxygen atoms in total. The lowest BCUT2D eigenvalue weighted by molar-refractivity contribution is -0.122. The van der Waals surface area contributed by atoms with Crippen molar-refractivity contribution in [3.05, 3.63) is 30.4 Å². The lowest BCUT2D eigenvalue weighted by atomic mass is 9.83. The third-order valence-electron chi connectivity index (χ3n) is 4.73. The van der Waals surface area contributed by atoms with Crippen molar-refractivity contribution in [1.82, 2.24) is 20.4 Å². The highest BCUT2D eigenvalue weighted by atomic mass is 16.5. The SMILES string of the molecule is CC[C@H]1CCCC[C@H]1NC(=O)CCc1nc(-c2cccnc2)no1. The summed E-state index contributed by atoms with van der Waals surface area (Å²) in [7, 11) is 0. The standard InChI is InChI=1S/C18H24N4O2/c1-2-13-6-3-4-8-15(13)20-16(23)9-10-17-21-18(22-24-17)14-7-5-11-19-12-14/h5,7,11-13,15H,2-4,6,8-10H2,1H3,(H,20,23)/t13-,15+/m0/s1. The molecule has 1 saturated carbocycles. The van der Waals surface area contributed by atoms with Crippen LogP contribution in [0.4, 0.5) is 0 Å². The molecule has 0 radical (unpaired) electrons. The topological polar surface area (TPSA) is 80.9 Å². The maximum atomic E-state index is 12.2. The van der Waals surface area contributed by atoms with Crippen LogP contribution in [0.1, 0.15) is 51.3 Å². The largest absolute Gasteiger partial charge is 0.353 e. The Labute approximate surface area is 142 Å². The Morgan fingerprint density at radius 1 is 1.38 bits per heavy atom. The van der Waals surface area contributed by atoms with Crippen LogP contribution in [0.15, 0.2) is 29.0 Å². The van der Waals surface area contributed by atoms with Crippen LogP contribution in [0.3, 0.4) is 0 Å². The van der Waals surface area contributed by atoms with Gasteiger partial charge in [-0.2, -0.15) is 4.98 Å². The molecular weight excluding hydrogens is 304 g/mol. The Bertz CT molecular complexity index is 656. The molecule has 3 rings (SSSR count). The van der Waals surface area contributed by atoms with Gasteiger partial charge in [0, 0.05) is 36.8 Å². The molecule has 2 heterocycles. The molecule has 2 atom stereocenters. The summed E-state index contributed by atoms with van der Waals surface area (Å²) in [6.07, 6.45) is 10.2. The first-order valence-corrected chi connectivity index (χ1v) is 8.78. The maximum absolute atomic E-state index is 12.2. The summed E-state index contributed by atoms with van der Waals surface area (Å²) < 4.78 is 5.23. The van der Waals surface area contributed by atoms with Gasteiger partial charge in [0.15, 0.2) is 0 Å². The van der Waals surface area contributed by atoms with E-state index in [1.54, 1.807) is 12.4 Å². The van der Waals surface area contributed by atoms with E-state index in [9.17, 15) is 4.79 Å². The number of hydrogen-bond donors (Lipinski definition) is 1. The van der Waals surface area contributed by atoms with E-state index in [2.05, 4.69) is 27.4 Å². The molecule has 1 amide bonds. The number of nitrogens with zero attached hydrogens (tertiary/aromatic N) is 3. The first-order valence-electron chi connectivity index (χ1n) is 8.78. The van der Waals surface area contributed by atoms with Crippen LogP contribution < -0.4 is 5.32 Å². The zero-order valence-corrected chi connectivity index (χ0v) is 14.1. The molecule has 1 N–H and O–H groups in total. The summed E-state index contributed by atoms with van der Waals surface area (Å²) in [5, 5.41) is 7.14. The van der Waals surface area contributed by atoms with Gasteiger partial charge < -0.3 is 9.84 Å². The maximum Gasteiger partial charge on any atom is 0.227 e. The number of carbonyl (C=O) groups is 1. The van der Waals surface area contributed by atoms with Crippen LogP contribution in [0.2, 0.25) is 0 Å². The highest BCUT2D eigenvalue weighted by molar-refractivity contribution is 5.76. The van der Waals surface area contributed by atoms with E-state index in [0.29, 0.717) is 36.5 Å². The second-order valence-corrected chi connectivity index (χ2v) is 6.38. The molecule has 24 heavy (non-hydrogen) atoms. The Kier molecular flexibility index (Phi) is 5.56. The van der Waals surface area contributed by atoms with Crippen LogP contribution in [0.5, 0.6) is 0 Å². The van der Waals surface area contributed by atoms with Gasteiger partial charge in [-0.1, -0.05) is 31.3 Å². The Morgan fingerprint density at radius 2 is 2.25 bits per heavy atom. The summed E-state index contributed by atoms with van der Waals surface area (Å²) >= 11 is 0. The van der Waals surface area contributed by atoms with Crippen LogP contribution in [0, 0.1) is 5.92 Å². The second-order valence-electron chi connectivity index (χ2n) is 6.38. The summed E-state index contributed by atoms with van der Waals surface area (Å²) in [6.45, 7) is 2.20. The normalized spacial score (nSPS) is 20.7. The van der Waals surface area contributed by atoms with Gasteiger partial charge in [0.1, 0.15) is 0 Å². The fourth-order valence-electron chi connectivity index (χ4n) is 3.35. The van der Waals surface area contributed by atoms with Gasteiger partial charge in [-0.25, -0.2) is 0 Å². The number of rotatable bonds is 6. The average molecular weight is 328 g/mol. The number of pyridine rings is 1. The van der Waals surface area contributed by atoms with E-state index in [-0.39, 0.29) is 5.91 Å². The third-order valence-corrected chi connectivity index (χ3v) is 4.73. The molecule has 0 bridgehead atoms. The zero-order chi connectivity index (χ0) is 16.8. The number of aromatic nitrogens is 3. The molecule has 0 aromatic carbocycles. The van der Waals surface area contributed by atoms with Gasteiger partial charge in [-0.15, -0.1) is 0 Å². The van der Waals surface area contributed by atoms with Gasteiger partial charge in [0.25, 0.3) is 0 Å². The molecule has 1 aliphatic rings. The molecule has 1 fully saturated rings. The molecule has 0 unspecified atom stereocenters. The number of amides is 1. The minimum absolute atomic E-state index is 0.0708. The fourth-order valence-corrected chi connectivity index (χ4v) is 3.35. The van der Waals surface area contributed by atoms with E-state index >= 15 is 0 Å². The number of hydrogen-bond acceptors (Lipinski definition) is 5. The van der Waals surface area contributed by atoms with E-state index in [4.69, 9.17) is 4.52 Å². The molecule has 2 aromatic heterocycles. The second kappa shape index (κ2) is 8.04. The van der Waals surface area contributed by atoms with Crippen LogP contribution in [-0.4, -0.2) is 27.1 Å². The van der Waals surface area contributed by atoms with Crippen LogP contribution in [0.25, 0.3) is 11.4 Å². The van der Waals surface area contributed by atoms with Crippen molar-refractivity contribution in [3.8, 4) is 11.4 Å². The number of carbonyl (C=O) groups excluding carboxylic acids is 1. The molecule has 128 valence electrons. The minimum Gasteiger partial charge on any atom is -0.353 e. The first-order chi connectivity index (χ1) is 11.8. The number of aryl methyl sites for hydroxylation is 1. The molecule has 0 saturated heterocycles. The lowest BCUT2D eigenvalue weighted by Crippen LogP contribution is -2.42. The third kappa shape index (κ3) is 4.19. The highest BCUT2D eigenvalue weighted by Crippen LogP contribution is 2.26. The highest BCUT2D eigenvalue weighted by Gasteiger charge is 2.25. The van der Waals surface area contributed by atoms with E-state index in [1.807, 2.05) is 12.1 Å². The van der Waals surface area contributed by atoms with Crippen molar-refractivity contribution < 1.29 is 9.32 Å². The molecule has 0 spiro atoms. The van der Waals surface area contributed by atoms with E-state index in [1.165, 1.54) is 19.3 Å². The van der Waals surface area contributed by atoms with Crippen LogP contribution >= 0.6 is 0 Å². The van der Waals surface area contributed by atoms with Crippen molar-refractivity contribution in [1.29, 1.82) is 0 Å². The summed E-state index contributed by atoms with van der Waals surface area (Å²) in [5.74, 6) is 1.68. The fraction of sp³-hybridized carbons (Fsp3) is 0.556. The molecule has 6 heteroatoms. The predicted octanol–water partition coefficient (Wildman–Crippen LogP) is 3.15. The summed E-state index contributed by atoms with van der Waals surface area (Å²) in [6, 6.07) is 4.03. The minimum atomic E-state index is 0.0708. The summed E-state index contributed by atoms with van der Waals surface area (Å²) in [5.41, 5.74) is 0.810. The van der Waals surface area contributed by atoms with Gasteiger partial charge in [0.05, 0.1) is 0 Å². The monoisotopic (exact) mass is 328 g/mol. The number of nitrogens with one attached hydrogen (secondary N) is 1. The molecular formula is C18H24N4O2. The van der Waals surface area contributed by atoms with Gasteiger partial charge >= 0.3 is 0 Å². The van der Waals surface area contributed by atoms with Crippen molar-refractivity contribution in [2.24, 2.45) is 5.92 Å². The molecule has 1 aliphatic carbocycles. The molecule has 0 aliphatic heterocycles. The Hall–Kier alpha value is -2.24. The van der Waals surface area contributed by atoms with Crippen molar-refractivity contribution >= 4 is 5.91 Å². The van der Waals surface area contributed by atoms with Crippen molar-refractivity contribution in [2.75, 3.05) is 0 Å². The van der Waals surface area contributed by atoms with Crippen molar-refractivity contribution in [3.63, 3.8) is 0 Å². The van der Waals surface area contributed by atoms with E-state index < -0.39 is 0 Å². The average Bonchev–Trinajstić information content (AvgIpc) is 3.10. The predicted molar refractivity (Wildman–Crippen MR) is 90.0 cm³/mol. The van der Waals surface area contributed by atoms with E-state index in [0.717, 1.165) is 18.4 Å². The zero-order valence-electron chi connectivity index (χ0n) is 14.1. The van der Waals surface area contributed by atoms with Crippen molar-refractivity contribution in [2.45, 2.75) is 57.9 Å². The van der Waals surface area contributed by atoms with Crippen LogP contribution in [-0.2, 0) is 11.2 Å². The Balaban J connectivity index is 1.50.